The van der Waals surface area contributed by atoms with Crippen molar-refractivity contribution in [2.24, 2.45) is 0 Å². The standard InChI is InChI=1S/C18H17BrN2O2/c1-12(22)21(15-10-11-15)17-5-3-2-4-16(17)20-18(23)13-6-8-14(19)9-7-13/h2-9,15H,10-11H2,1H3,(H,20,23). The summed E-state index contributed by atoms with van der Waals surface area (Å²) in [6, 6.07) is 14.8. The van der Waals surface area contributed by atoms with Gasteiger partial charge in [-0.1, -0.05) is 28.1 Å². The predicted octanol–water partition coefficient (Wildman–Crippen LogP) is 4.22. The van der Waals surface area contributed by atoms with Gasteiger partial charge in [-0.05, 0) is 49.2 Å². The van der Waals surface area contributed by atoms with Crippen LogP contribution >= 0.6 is 15.9 Å². The van der Waals surface area contributed by atoms with Crippen LogP contribution in [0.3, 0.4) is 0 Å². The van der Waals surface area contributed by atoms with Gasteiger partial charge in [-0.3, -0.25) is 9.59 Å². The number of carbonyl (C=O) groups is 2. The van der Waals surface area contributed by atoms with Gasteiger partial charge >= 0.3 is 0 Å². The molecule has 0 heterocycles. The minimum absolute atomic E-state index is 0.00200. The van der Waals surface area contributed by atoms with Gasteiger partial charge < -0.3 is 10.2 Å². The molecule has 5 heteroatoms. The van der Waals surface area contributed by atoms with Gasteiger partial charge in [0, 0.05) is 23.0 Å². The van der Waals surface area contributed by atoms with Crippen molar-refractivity contribution in [2.75, 3.05) is 10.2 Å². The lowest BCUT2D eigenvalue weighted by Gasteiger charge is -2.23. The molecule has 1 saturated carbocycles. The third-order valence-corrected chi connectivity index (χ3v) is 4.30. The second-order valence-corrected chi connectivity index (χ2v) is 6.51. The van der Waals surface area contributed by atoms with Crippen LogP contribution in [0.15, 0.2) is 53.0 Å². The predicted molar refractivity (Wildman–Crippen MR) is 94.7 cm³/mol. The van der Waals surface area contributed by atoms with Gasteiger partial charge in [0.15, 0.2) is 0 Å². The highest BCUT2D eigenvalue weighted by Gasteiger charge is 2.33. The Balaban J connectivity index is 1.87. The second-order valence-electron chi connectivity index (χ2n) is 5.60. The van der Waals surface area contributed by atoms with Crippen molar-refractivity contribution in [2.45, 2.75) is 25.8 Å². The summed E-state index contributed by atoms with van der Waals surface area (Å²) in [6.07, 6.45) is 2.02. The summed E-state index contributed by atoms with van der Waals surface area (Å²) in [5, 5.41) is 2.92. The molecule has 1 aliphatic rings. The molecule has 2 amide bonds. The van der Waals surface area contributed by atoms with E-state index in [1.54, 1.807) is 24.0 Å². The van der Waals surface area contributed by atoms with Crippen LogP contribution in [0.5, 0.6) is 0 Å². The zero-order chi connectivity index (χ0) is 16.4. The van der Waals surface area contributed by atoms with Crippen LogP contribution in [0, 0.1) is 0 Å². The molecule has 4 nitrogen and oxygen atoms in total. The molecule has 0 spiro atoms. The molecule has 3 rings (SSSR count). The zero-order valence-corrected chi connectivity index (χ0v) is 14.3. The van der Waals surface area contributed by atoms with Crippen molar-refractivity contribution in [1.82, 2.24) is 0 Å². The van der Waals surface area contributed by atoms with Gasteiger partial charge in [0.2, 0.25) is 5.91 Å². The highest BCUT2D eigenvalue weighted by atomic mass is 79.9. The van der Waals surface area contributed by atoms with E-state index in [1.165, 1.54) is 0 Å². The topological polar surface area (TPSA) is 49.4 Å². The van der Waals surface area contributed by atoms with Gasteiger partial charge in [-0.15, -0.1) is 0 Å². The molecule has 0 bridgehead atoms. The first-order valence-electron chi connectivity index (χ1n) is 7.52. The van der Waals surface area contributed by atoms with Gasteiger partial charge in [0.1, 0.15) is 0 Å². The van der Waals surface area contributed by atoms with E-state index in [9.17, 15) is 9.59 Å². The first-order chi connectivity index (χ1) is 11.1. The van der Waals surface area contributed by atoms with E-state index in [0.29, 0.717) is 11.3 Å². The van der Waals surface area contributed by atoms with Crippen molar-refractivity contribution < 1.29 is 9.59 Å². The number of para-hydroxylation sites is 2. The number of hydrogen-bond donors (Lipinski definition) is 1. The van der Waals surface area contributed by atoms with Gasteiger partial charge in [-0.25, -0.2) is 0 Å². The molecule has 0 aliphatic heterocycles. The minimum atomic E-state index is -0.191. The van der Waals surface area contributed by atoms with Gasteiger partial charge in [0.05, 0.1) is 11.4 Å². The highest BCUT2D eigenvalue weighted by molar-refractivity contribution is 9.10. The number of anilines is 2. The molecule has 0 aromatic heterocycles. The molecule has 2 aromatic carbocycles. The summed E-state index contributed by atoms with van der Waals surface area (Å²) in [5.41, 5.74) is 1.99. The Morgan fingerprint density at radius 1 is 1.09 bits per heavy atom. The molecule has 118 valence electrons. The number of hydrogen-bond acceptors (Lipinski definition) is 2. The fourth-order valence-electron chi connectivity index (χ4n) is 2.54. The fourth-order valence-corrected chi connectivity index (χ4v) is 2.81. The minimum Gasteiger partial charge on any atom is -0.320 e. The third kappa shape index (κ3) is 3.62. The molecule has 0 saturated heterocycles. The second kappa shape index (κ2) is 6.54. The fraction of sp³-hybridized carbons (Fsp3) is 0.222. The molecule has 0 atom stereocenters. The van der Waals surface area contributed by atoms with Crippen molar-refractivity contribution in [3.05, 3.63) is 58.6 Å². The molecule has 23 heavy (non-hydrogen) atoms. The van der Waals surface area contributed by atoms with E-state index in [-0.39, 0.29) is 17.9 Å². The molecule has 1 aliphatic carbocycles. The quantitative estimate of drug-likeness (QED) is 0.873. The smallest absolute Gasteiger partial charge is 0.255 e. The first kappa shape index (κ1) is 15.7. The van der Waals surface area contributed by atoms with Crippen LogP contribution in [-0.2, 0) is 4.79 Å². The van der Waals surface area contributed by atoms with E-state index < -0.39 is 0 Å². The Bertz CT molecular complexity index is 739. The van der Waals surface area contributed by atoms with Crippen LogP contribution in [0.2, 0.25) is 0 Å². The molecular formula is C18H17BrN2O2. The number of benzene rings is 2. The largest absolute Gasteiger partial charge is 0.320 e. The van der Waals surface area contributed by atoms with Crippen molar-refractivity contribution >= 4 is 39.1 Å². The lowest BCUT2D eigenvalue weighted by Crippen LogP contribution is -2.31. The highest BCUT2D eigenvalue weighted by Crippen LogP contribution is 2.36. The summed E-state index contributed by atoms with van der Waals surface area (Å²) in [4.78, 5) is 26.2. The number of rotatable bonds is 4. The van der Waals surface area contributed by atoms with Crippen molar-refractivity contribution in [1.29, 1.82) is 0 Å². The zero-order valence-electron chi connectivity index (χ0n) is 12.8. The van der Waals surface area contributed by atoms with Crippen LogP contribution < -0.4 is 10.2 Å². The molecule has 1 N–H and O–H groups in total. The average Bonchev–Trinajstić information content (AvgIpc) is 3.34. The monoisotopic (exact) mass is 372 g/mol. The summed E-state index contributed by atoms with van der Waals surface area (Å²) in [6.45, 7) is 1.56. The van der Waals surface area contributed by atoms with Crippen LogP contribution in [-0.4, -0.2) is 17.9 Å². The van der Waals surface area contributed by atoms with Crippen LogP contribution in [0.4, 0.5) is 11.4 Å². The Morgan fingerprint density at radius 3 is 2.35 bits per heavy atom. The van der Waals surface area contributed by atoms with E-state index in [1.807, 2.05) is 36.4 Å². The Kier molecular flexibility index (Phi) is 4.48. The van der Waals surface area contributed by atoms with E-state index in [4.69, 9.17) is 0 Å². The maximum atomic E-state index is 12.4. The number of carbonyl (C=O) groups excluding carboxylic acids is 2. The van der Waals surface area contributed by atoms with Crippen molar-refractivity contribution in [3.63, 3.8) is 0 Å². The van der Waals surface area contributed by atoms with Gasteiger partial charge in [-0.2, -0.15) is 0 Å². The van der Waals surface area contributed by atoms with Crippen LogP contribution in [0.25, 0.3) is 0 Å². The molecule has 2 aromatic rings. The Morgan fingerprint density at radius 2 is 1.74 bits per heavy atom. The van der Waals surface area contributed by atoms with Gasteiger partial charge in [0.25, 0.3) is 5.91 Å². The normalized spacial score (nSPS) is 13.5. The maximum absolute atomic E-state index is 12.4. The molecule has 0 radical (unpaired) electrons. The van der Waals surface area contributed by atoms with Crippen molar-refractivity contribution in [3.8, 4) is 0 Å². The number of amides is 2. The number of halogens is 1. The lowest BCUT2D eigenvalue weighted by atomic mass is 10.2. The third-order valence-electron chi connectivity index (χ3n) is 3.77. The SMILES string of the molecule is CC(=O)N(c1ccccc1NC(=O)c1ccc(Br)cc1)C1CC1. The molecule has 0 unspecified atom stereocenters. The first-order valence-corrected chi connectivity index (χ1v) is 8.31. The van der Waals surface area contributed by atoms with Crippen LogP contribution in [0.1, 0.15) is 30.1 Å². The average molecular weight is 373 g/mol. The summed E-state index contributed by atoms with van der Waals surface area (Å²) in [5.74, 6) is -0.193. The summed E-state index contributed by atoms with van der Waals surface area (Å²) < 4.78 is 0.922. The molecular weight excluding hydrogens is 356 g/mol. The number of nitrogens with one attached hydrogen (secondary N) is 1. The Labute approximate surface area is 143 Å². The van der Waals surface area contributed by atoms with E-state index in [2.05, 4.69) is 21.2 Å². The number of nitrogens with zero attached hydrogens (tertiary/aromatic N) is 1. The van der Waals surface area contributed by atoms with E-state index >= 15 is 0 Å². The molecule has 1 fully saturated rings. The summed E-state index contributed by atoms with van der Waals surface area (Å²) in [7, 11) is 0. The summed E-state index contributed by atoms with van der Waals surface area (Å²) >= 11 is 3.36. The Hall–Kier alpha value is -2.14. The lowest BCUT2D eigenvalue weighted by molar-refractivity contribution is -0.116. The van der Waals surface area contributed by atoms with E-state index in [0.717, 1.165) is 23.0 Å². The maximum Gasteiger partial charge on any atom is 0.255 e.